The van der Waals surface area contributed by atoms with E-state index in [4.69, 9.17) is 5.73 Å². The first-order valence-electron chi connectivity index (χ1n) is 8.17. The van der Waals surface area contributed by atoms with E-state index in [0.29, 0.717) is 41.9 Å². The van der Waals surface area contributed by atoms with E-state index < -0.39 is 5.76 Å². The Morgan fingerprint density at radius 2 is 1.77 bits per heavy atom. The molecule has 0 aromatic heterocycles. The highest BCUT2D eigenvalue weighted by atomic mass is 35.5. The number of nitrogens with zero attached hydrogens (tertiary/aromatic N) is 1. The van der Waals surface area contributed by atoms with Crippen molar-refractivity contribution in [3.63, 3.8) is 0 Å². The molecule has 1 fully saturated rings. The lowest BCUT2D eigenvalue weighted by molar-refractivity contribution is 0.0786. The first kappa shape index (κ1) is 20.7. The predicted molar refractivity (Wildman–Crippen MR) is 103 cm³/mol. The zero-order valence-corrected chi connectivity index (χ0v) is 15.7. The normalized spacial score (nSPS) is 19.5. The molecular weight excluding hydrogens is 378 g/mol. The number of likely N-dealkylation sites (tertiary alicyclic amines) is 1. The number of benzene rings is 2. The number of nitrogens with two attached hydrogens (primary N) is 1. The van der Waals surface area contributed by atoms with Crippen molar-refractivity contribution in [2.75, 3.05) is 19.6 Å². The summed E-state index contributed by atoms with van der Waals surface area (Å²) in [5, 5.41) is 0. The smallest absolute Gasteiger partial charge is 0.288 e. The van der Waals surface area contributed by atoms with Crippen LogP contribution in [0.2, 0.25) is 0 Å². The van der Waals surface area contributed by atoms with Gasteiger partial charge in [-0.25, -0.2) is 0 Å². The van der Waals surface area contributed by atoms with Crippen molar-refractivity contribution in [1.82, 2.24) is 4.90 Å². The molecule has 140 valence electrons. The van der Waals surface area contributed by atoms with Crippen LogP contribution in [0.25, 0.3) is 0 Å². The minimum absolute atomic E-state index is 0. The van der Waals surface area contributed by atoms with E-state index in [1.807, 2.05) is 23.1 Å². The number of rotatable bonds is 5. The summed E-state index contributed by atoms with van der Waals surface area (Å²) in [5.74, 6) is -2.09. The van der Waals surface area contributed by atoms with Crippen molar-refractivity contribution in [3.05, 3.63) is 65.7 Å². The van der Waals surface area contributed by atoms with Crippen LogP contribution in [0.5, 0.6) is 0 Å². The van der Waals surface area contributed by atoms with Crippen LogP contribution in [0.3, 0.4) is 0 Å². The Labute approximate surface area is 162 Å². The van der Waals surface area contributed by atoms with E-state index >= 15 is 0 Å². The lowest BCUT2D eigenvalue weighted by Crippen LogP contribution is -2.29. The van der Waals surface area contributed by atoms with E-state index in [0.717, 1.165) is 0 Å². The third-order valence-corrected chi connectivity index (χ3v) is 5.31. The van der Waals surface area contributed by atoms with Gasteiger partial charge in [0.1, 0.15) is 0 Å². The number of carbonyl (C=O) groups excluding carboxylic acids is 1. The van der Waals surface area contributed by atoms with Crippen LogP contribution in [0.1, 0.15) is 21.8 Å². The average molecular weight is 399 g/mol. The van der Waals surface area contributed by atoms with Gasteiger partial charge in [-0.15, -0.1) is 12.4 Å². The number of amides is 1. The van der Waals surface area contributed by atoms with Crippen LogP contribution >= 0.6 is 24.2 Å². The number of alkyl halides is 2. The fourth-order valence-corrected chi connectivity index (χ4v) is 3.81. The minimum Gasteiger partial charge on any atom is -0.338 e. The summed E-state index contributed by atoms with van der Waals surface area (Å²) < 4.78 is 24.8. The van der Waals surface area contributed by atoms with E-state index in [9.17, 15) is 13.6 Å². The van der Waals surface area contributed by atoms with Gasteiger partial charge in [-0.05, 0) is 42.3 Å². The molecule has 0 radical (unpaired) electrons. The Morgan fingerprint density at radius 1 is 1.12 bits per heavy atom. The summed E-state index contributed by atoms with van der Waals surface area (Å²) in [5.41, 5.74) is 7.63. The van der Waals surface area contributed by atoms with Gasteiger partial charge in [0, 0.05) is 29.5 Å². The standard InChI is InChI=1S/C19H20F2N2OS.ClH/c20-19(21)25-16-8-6-14(7-9-16)18(24)23-11-15(10-22)17(12-23)13-4-2-1-3-5-13;/h1-9,15,17,19H,10-12,22H2;1H/t15-,17+;/m1./s1. The quantitative estimate of drug-likeness (QED) is 0.766. The fraction of sp³-hybridized carbons (Fsp3) is 0.316. The van der Waals surface area contributed by atoms with Crippen LogP contribution in [-0.2, 0) is 0 Å². The largest absolute Gasteiger partial charge is 0.338 e. The second-order valence-electron chi connectivity index (χ2n) is 6.13. The highest BCUT2D eigenvalue weighted by Crippen LogP contribution is 2.33. The van der Waals surface area contributed by atoms with Crippen molar-refractivity contribution >= 4 is 30.1 Å². The van der Waals surface area contributed by atoms with Crippen LogP contribution in [0.15, 0.2) is 59.5 Å². The number of hydrogen-bond donors (Lipinski definition) is 1. The van der Waals surface area contributed by atoms with Crippen LogP contribution < -0.4 is 5.73 Å². The SMILES string of the molecule is Cl.NC[C@@H]1CN(C(=O)c2ccc(SC(F)F)cc2)C[C@H]1c1ccccc1. The Balaban J connectivity index is 0.00000243. The molecule has 26 heavy (non-hydrogen) atoms. The number of carbonyl (C=O) groups is 1. The predicted octanol–water partition coefficient (Wildman–Crippen LogP) is 4.24. The van der Waals surface area contributed by atoms with Crippen molar-refractivity contribution in [3.8, 4) is 0 Å². The minimum atomic E-state index is -2.46. The highest BCUT2D eigenvalue weighted by Gasteiger charge is 2.35. The molecule has 2 aromatic carbocycles. The highest BCUT2D eigenvalue weighted by molar-refractivity contribution is 7.99. The van der Waals surface area contributed by atoms with Crippen LogP contribution in [-0.4, -0.2) is 36.2 Å². The molecule has 1 saturated heterocycles. The van der Waals surface area contributed by atoms with Gasteiger partial charge in [0.2, 0.25) is 0 Å². The topological polar surface area (TPSA) is 46.3 Å². The maximum atomic E-state index is 12.7. The monoisotopic (exact) mass is 398 g/mol. The zero-order valence-electron chi connectivity index (χ0n) is 14.1. The molecule has 0 unspecified atom stereocenters. The molecule has 0 spiro atoms. The van der Waals surface area contributed by atoms with E-state index in [-0.39, 0.29) is 30.2 Å². The van der Waals surface area contributed by atoms with Gasteiger partial charge >= 0.3 is 0 Å². The van der Waals surface area contributed by atoms with E-state index in [1.54, 1.807) is 24.3 Å². The Hall–Kier alpha value is -1.63. The van der Waals surface area contributed by atoms with Gasteiger partial charge in [0.25, 0.3) is 11.7 Å². The van der Waals surface area contributed by atoms with E-state index in [1.165, 1.54) is 5.56 Å². The van der Waals surface area contributed by atoms with E-state index in [2.05, 4.69) is 12.1 Å². The van der Waals surface area contributed by atoms with Gasteiger partial charge in [-0.1, -0.05) is 42.1 Å². The maximum absolute atomic E-state index is 12.7. The number of thioether (sulfide) groups is 1. The van der Waals surface area contributed by atoms with Crippen LogP contribution in [0, 0.1) is 5.92 Å². The molecule has 1 aliphatic heterocycles. The molecule has 2 aromatic rings. The second kappa shape index (κ2) is 9.35. The van der Waals surface area contributed by atoms with Crippen molar-refractivity contribution in [1.29, 1.82) is 0 Å². The summed E-state index contributed by atoms with van der Waals surface area (Å²) in [4.78, 5) is 15.0. The third kappa shape index (κ3) is 4.75. The molecule has 0 aliphatic carbocycles. The molecule has 3 rings (SSSR count). The van der Waals surface area contributed by atoms with Gasteiger partial charge in [0.15, 0.2) is 0 Å². The molecule has 0 bridgehead atoms. The average Bonchev–Trinajstić information content (AvgIpc) is 3.06. The summed E-state index contributed by atoms with van der Waals surface area (Å²) >= 11 is 0.478. The Bertz CT molecular complexity index is 715. The summed E-state index contributed by atoms with van der Waals surface area (Å²) in [6.45, 7) is 1.76. The van der Waals surface area contributed by atoms with Gasteiger partial charge < -0.3 is 10.6 Å². The third-order valence-electron chi connectivity index (χ3n) is 4.59. The molecule has 0 saturated carbocycles. The molecule has 2 atom stereocenters. The van der Waals surface area contributed by atoms with Crippen molar-refractivity contribution in [2.24, 2.45) is 11.7 Å². The first-order chi connectivity index (χ1) is 12.1. The molecule has 2 N–H and O–H groups in total. The lowest BCUT2D eigenvalue weighted by Gasteiger charge is -2.17. The van der Waals surface area contributed by atoms with Gasteiger partial charge in [0.05, 0.1) is 0 Å². The zero-order chi connectivity index (χ0) is 17.8. The molecule has 1 heterocycles. The first-order valence-corrected chi connectivity index (χ1v) is 9.05. The number of hydrogen-bond acceptors (Lipinski definition) is 3. The maximum Gasteiger partial charge on any atom is 0.288 e. The van der Waals surface area contributed by atoms with Crippen LogP contribution in [0.4, 0.5) is 8.78 Å². The molecule has 7 heteroatoms. The van der Waals surface area contributed by atoms with Gasteiger partial charge in [-0.2, -0.15) is 8.78 Å². The molecule has 3 nitrogen and oxygen atoms in total. The van der Waals surface area contributed by atoms with Crippen molar-refractivity contribution in [2.45, 2.75) is 16.6 Å². The Kier molecular flexibility index (Phi) is 7.43. The van der Waals surface area contributed by atoms with Crippen molar-refractivity contribution < 1.29 is 13.6 Å². The summed E-state index contributed by atoms with van der Waals surface area (Å²) in [7, 11) is 0. The summed E-state index contributed by atoms with van der Waals surface area (Å²) in [6, 6.07) is 16.4. The molecule has 1 aliphatic rings. The second-order valence-corrected chi connectivity index (χ2v) is 7.19. The molecular formula is C19H21ClF2N2OS. The molecule has 1 amide bonds. The lowest BCUT2D eigenvalue weighted by atomic mass is 9.89. The fourth-order valence-electron chi connectivity index (χ4n) is 3.32. The van der Waals surface area contributed by atoms with Gasteiger partial charge in [-0.3, -0.25) is 4.79 Å². The Morgan fingerprint density at radius 3 is 2.35 bits per heavy atom. The summed E-state index contributed by atoms with van der Waals surface area (Å²) in [6.07, 6.45) is 0. The number of halogens is 3.